The molecule has 0 aliphatic carbocycles. The topological polar surface area (TPSA) is 29.0 Å². The van der Waals surface area contributed by atoms with Gasteiger partial charge in [-0.25, -0.2) is 9.37 Å². The molecule has 3 nitrogen and oxygen atoms in total. The number of fused-ring (bicyclic) bond motifs is 6. The van der Waals surface area contributed by atoms with Crippen molar-refractivity contribution >= 4 is 48.7 Å². The summed E-state index contributed by atoms with van der Waals surface area (Å²) in [5, 5.41) is 2.50. The Bertz CT molecular complexity index is 2150. The molecule has 4 heterocycles. The predicted molar refractivity (Wildman–Crippen MR) is 177 cm³/mol. The van der Waals surface area contributed by atoms with E-state index in [9.17, 15) is 0 Å². The van der Waals surface area contributed by atoms with E-state index in [0.29, 0.717) is 11.1 Å². The molecule has 1 aliphatic heterocycles. The molecule has 0 fully saturated rings. The largest absolute Gasteiger partial charge is 0.294 e. The maximum absolute atomic E-state index is 16.3. The molecule has 0 bridgehead atoms. The first-order valence-corrected chi connectivity index (χ1v) is 15.3. The molecule has 0 amide bonds. The number of benzene rings is 4. The summed E-state index contributed by atoms with van der Waals surface area (Å²) < 4.78 is 18.7. The highest BCUT2D eigenvalue weighted by atomic mass is 32.1. The third kappa shape index (κ3) is 4.07. The number of aromatic nitrogens is 2. The highest BCUT2D eigenvalue weighted by Crippen LogP contribution is 2.55. The molecule has 0 saturated carbocycles. The summed E-state index contributed by atoms with van der Waals surface area (Å²) in [6, 6.07) is 38.3. The molecule has 43 heavy (non-hydrogen) atoms. The summed E-state index contributed by atoms with van der Waals surface area (Å²) in [7, 11) is 0. The van der Waals surface area contributed by atoms with Crippen LogP contribution in [0.4, 0.5) is 21.6 Å². The summed E-state index contributed by atoms with van der Waals surface area (Å²) in [4.78, 5) is 11.8. The van der Waals surface area contributed by atoms with Crippen LogP contribution in [0.2, 0.25) is 0 Å². The smallest absolute Gasteiger partial charge is 0.150 e. The van der Waals surface area contributed by atoms with Gasteiger partial charge in [-0.15, -0.1) is 11.3 Å². The minimum atomic E-state index is -1.30. The standard InChI is InChI=1S/C38H28FN3S/c1-38(2)29-16-4-5-18-31(29)42(37-35(38)34-28-15-3-6-19-32(28)43-33(34)23-41-37)27-14-10-13-26(22-27)36(39)25-12-9-11-24(21-25)30-17-7-8-20-40-30/h3-23,36H,1-2H3. The number of rotatable bonds is 4. The minimum absolute atomic E-state index is 0.287. The van der Waals surface area contributed by atoms with Crippen LogP contribution in [0.1, 0.15) is 42.3 Å². The van der Waals surface area contributed by atoms with E-state index < -0.39 is 6.17 Å². The van der Waals surface area contributed by atoms with Gasteiger partial charge in [0.25, 0.3) is 0 Å². The molecule has 3 aromatic heterocycles. The van der Waals surface area contributed by atoms with Gasteiger partial charge in [0.15, 0.2) is 6.17 Å². The Labute approximate surface area is 253 Å². The second-order valence-electron chi connectivity index (χ2n) is 11.6. The first-order valence-electron chi connectivity index (χ1n) is 14.5. The molecule has 208 valence electrons. The summed E-state index contributed by atoms with van der Waals surface area (Å²) >= 11 is 1.78. The molecule has 4 aromatic carbocycles. The van der Waals surface area contributed by atoms with Crippen LogP contribution in [0, 0.1) is 0 Å². The SMILES string of the molecule is CC1(C)c2ccccc2N(c2cccc(C(F)c3cccc(-c4ccccn4)c3)c2)c2ncc3sc4ccccc4c3c21. The van der Waals surface area contributed by atoms with Gasteiger partial charge < -0.3 is 0 Å². The molecule has 0 N–H and O–H groups in total. The third-order valence-electron chi connectivity index (χ3n) is 8.62. The maximum Gasteiger partial charge on any atom is 0.150 e. The van der Waals surface area contributed by atoms with Crippen molar-refractivity contribution in [2.75, 3.05) is 4.90 Å². The van der Waals surface area contributed by atoms with Gasteiger partial charge in [0.05, 0.1) is 16.1 Å². The number of thiophene rings is 1. The Morgan fingerprint density at radius 2 is 1.51 bits per heavy atom. The van der Waals surface area contributed by atoms with E-state index in [1.54, 1.807) is 17.5 Å². The lowest BCUT2D eigenvalue weighted by molar-refractivity contribution is 0.402. The molecule has 0 spiro atoms. The van der Waals surface area contributed by atoms with E-state index in [0.717, 1.165) is 28.5 Å². The Balaban J connectivity index is 1.29. The van der Waals surface area contributed by atoms with Crippen molar-refractivity contribution in [3.8, 4) is 11.3 Å². The van der Waals surface area contributed by atoms with E-state index >= 15 is 4.39 Å². The van der Waals surface area contributed by atoms with Crippen LogP contribution in [0.5, 0.6) is 0 Å². The number of hydrogen-bond donors (Lipinski definition) is 0. The van der Waals surface area contributed by atoms with Crippen LogP contribution in [0.25, 0.3) is 31.4 Å². The first kappa shape index (κ1) is 25.8. The van der Waals surface area contributed by atoms with Gasteiger partial charge in [-0.3, -0.25) is 9.88 Å². The molecule has 5 heteroatoms. The van der Waals surface area contributed by atoms with Crippen molar-refractivity contribution < 1.29 is 4.39 Å². The van der Waals surface area contributed by atoms with E-state index in [4.69, 9.17) is 4.98 Å². The van der Waals surface area contributed by atoms with Crippen LogP contribution < -0.4 is 4.90 Å². The predicted octanol–water partition coefficient (Wildman–Crippen LogP) is 10.7. The Kier molecular flexibility index (Phi) is 5.92. The molecular formula is C38H28FN3S. The third-order valence-corrected chi connectivity index (χ3v) is 9.72. The number of para-hydroxylation sites is 1. The van der Waals surface area contributed by atoms with Crippen LogP contribution in [-0.4, -0.2) is 9.97 Å². The molecular weight excluding hydrogens is 550 g/mol. The lowest BCUT2D eigenvalue weighted by Crippen LogP contribution is -2.31. The number of anilines is 3. The Morgan fingerprint density at radius 3 is 2.37 bits per heavy atom. The van der Waals surface area contributed by atoms with Gasteiger partial charge in [-0.2, -0.15) is 0 Å². The van der Waals surface area contributed by atoms with E-state index in [2.05, 4.69) is 78.3 Å². The minimum Gasteiger partial charge on any atom is -0.294 e. The zero-order valence-electron chi connectivity index (χ0n) is 23.8. The highest BCUT2D eigenvalue weighted by Gasteiger charge is 2.40. The number of nitrogens with zero attached hydrogens (tertiary/aromatic N) is 3. The summed E-state index contributed by atoms with van der Waals surface area (Å²) in [5.41, 5.74) is 7.01. The molecule has 1 unspecified atom stereocenters. The fraction of sp³-hybridized carbons (Fsp3) is 0.105. The monoisotopic (exact) mass is 577 g/mol. The summed E-state index contributed by atoms with van der Waals surface area (Å²) in [6.45, 7) is 4.58. The lowest BCUT2D eigenvalue weighted by atomic mass is 9.73. The fourth-order valence-corrected chi connectivity index (χ4v) is 7.66. The first-order chi connectivity index (χ1) is 21.0. The van der Waals surface area contributed by atoms with Gasteiger partial charge in [0, 0.05) is 50.1 Å². The number of alkyl halides is 1. The zero-order chi connectivity index (χ0) is 29.1. The molecule has 0 saturated heterocycles. The average molecular weight is 578 g/mol. The maximum atomic E-state index is 16.3. The van der Waals surface area contributed by atoms with Crippen LogP contribution in [-0.2, 0) is 5.41 Å². The van der Waals surface area contributed by atoms with Gasteiger partial charge >= 0.3 is 0 Å². The van der Waals surface area contributed by atoms with E-state index in [1.807, 2.05) is 66.9 Å². The summed E-state index contributed by atoms with van der Waals surface area (Å²) in [5.74, 6) is 0.893. The zero-order valence-corrected chi connectivity index (χ0v) is 24.6. The quantitative estimate of drug-likeness (QED) is 0.208. The van der Waals surface area contributed by atoms with E-state index in [1.165, 1.54) is 31.3 Å². The second-order valence-corrected chi connectivity index (χ2v) is 12.7. The van der Waals surface area contributed by atoms with Crippen molar-refractivity contribution in [2.24, 2.45) is 0 Å². The molecule has 1 atom stereocenters. The number of pyridine rings is 2. The van der Waals surface area contributed by atoms with Crippen molar-refractivity contribution in [3.63, 3.8) is 0 Å². The summed E-state index contributed by atoms with van der Waals surface area (Å²) in [6.07, 6.45) is 2.46. The Hall–Kier alpha value is -4.87. The fourth-order valence-electron chi connectivity index (χ4n) is 6.58. The van der Waals surface area contributed by atoms with Crippen molar-refractivity contribution in [3.05, 3.63) is 150 Å². The lowest BCUT2D eigenvalue weighted by Gasteiger charge is -2.41. The van der Waals surface area contributed by atoms with Gasteiger partial charge in [-0.05, 0) is 59.2 Å². The van der Waals surface area contributed by atoms with Crippen molar-refractivity contribution in [1.82, 2.24) is 9.97 Å². The van der Waals surface area contributed by atoms with E-state index in [-0.39, 0.29) is 5.41 Å². The van der Waals surface area contributed by atoms with Crippen LogP contribution in [0.15, 0.2) is 128 Å². The number of halogens is 1. The molecule has 7 aromatic rings. The normalized spacial score (nSPS) is 14.4. The second kappa shape index (κ2) is 9.85. The molecule has 1 aliphatic rings. The Morgan fingerprint density at radius 1 is 0.744 bits per heavy atom. The highest BCUT2D eigenvalue weighted by molar-refractivity contribution is 7.25. The van der Waals surface area contributed by atoms with Gasteiger partial charge in [-0.1, -0.05) is 86.6 Å². The number of hydrogen-bond acceptors (Lipinski definition) is 4. The van der Waals surface area contributed by atoms with Crippen LogP contribution >= 0.6 is 11.3 Å². The van der Waals surface area contributed by atoms with Crippen molar-refractivity contribution in [2.45, 2.75) is 25.4 Å². The molecule has 0 radical (unpaired) electrons. The molecule has 8 rings (SSSR count). The van der Waals surface area contributed by atoms with Crippen LogP contribution in [0.3, 0.4) is 0 Å². The van der Waals surface area contributed by atoms with Gasteiger partial charge in [0.2, 0.25) is 0 Å². The van der Waals surface area contributed by atoms with Crippen molar-refractivity contribution in [1.29, 1.82) is 0 Å². The van der Waals surface area contributed by atoms with Gasteiger partial charge in [0.1, 0.15) is 5.82 Å². The average Bonchev–Trinajstić information content (AvgIpc) is 3.44.